The van der Waals surface area contributed by atoms with Crippen molar-refractivity contribution in [2.45, 2.75) is 25.3 Å². The van der Waals surface area contributed by atoms with Crippen LogP contribution in [0.3, 0.4) is 0 Å². The van der Waals surface area contributed by atoms with Gasteiger partial charge in [-0.1, -0.05) is 18.2 Å². The maximum absolute atomic E-state index is 15.3. The molecule has 0 unspecified atom stereocenters. The van der Waals surface area contributed by atoms with Crippen LogP contribution in [0, 0.1) is 0 Å². The summed E-state index contributed by atoms with van der Waals surface area (Å²) in [6.45, 7) is 2.21. The molecule has 1 aliphatic heterocycles. The predicted molar refractivity (Wildman–Crippen MR) is 149 cm³/mol. The third kappa shape index (κ3) is 4.71. The van der Waals surface area contributed by atoms with E-state index in [-0.39, 0.29) is 18.1 Å². The summed E-state index contributed by atoms with van der Waals surface area (Å²) >= 11 is 0. The zero-order chi connectivity index (χ0) is 27.0. The van der Waals surface area contributed by atoms with E-state index in [1.54, 1.807) is 30.0 Å². The summed E-state index contributed by atoms with van der Waals surface area (Å²) in [5.41, 5.74) is 10.1. The first-order chi connectivity index (χ1) is 18.2. The number of nitrogen functional groups attached to an aromatic ring is 1. The van der Waals surface area contributed by atoms with E-state index < -0.39 is 5.92 Å². The van der Waals surface area contributed by atoms with Gasteiger partial charge in [0.1, 0.15) is 5.75 Å². The molecule has 0 saturated carbocycles. The summed E-state index contributed by atoms with van der Waals surface area (Å²) in [5, 5.41) is 3.93. The number of nitrogens with zero attached hydrogens (tertiary/aromatic N) is 5. The quantitative estimate of drug-likeness (QED) is 0.304. The second kappa shape index (κ2) is 10.1. The Kier molecular flexibility index (Phi) is 6.83. The number of para-hydroxylation sites is 1. The van der Waals surface area contributed by atoms with Crippen LogP contribution in [0.1, 0.15) is 18.5 Å². The molecule has 4 aromatic rings. The van der Waals surface area contributed by atoms with Crippen LogP contribution in [-0.2, 0) is 12.5 Å². The van der Waals surface area contributed by atoms with Crippen LogP contribution in [0.5, 0.6) is 5.75 Å². The Bertz CT molecular complexity index is 1470. The first-order valence-corrected chi connectivity index (χ1v) is 12.6. The Morgan fingerprint density at radius 3 is 2.68 bits per heavy atom. The average Bonchev–Trinajstić information content (AvgIpc) is 3.23. The number of alkyl halides is 2. The number of hydrogen-bond donors (Lipinski definition) is 2. The number of fused-ring (bicyclic) bond motifs is 3. The van der Waals surface area contributed by atoms with E-state index in [0.29, 0.717) is 41.3 Å². The number of likely N-dealkylation sites (N-methyl/N-ethyl adjacent to an activating group) is 2. The Hall–Kier alpha value is -3.92. The van der Waals surface area contributed by atoms with E-state index in [1.807, 2.05) is 51.5 Å². The molecule has 0 amide bonds. The van der Waals surface area contributed by atoms with Gasteiger partial charge < -0.3 is 30.2 Å². The predicted octanol–water partition coefficient (Wildman–Crippen LogP) is 5.32. The van der Waals surface area contributed by atoms with Crippen LogP contribution in [0.2, 0.25) is 0 Å². The molecule has 0 radical (unpaired) electrons. The first kappa shape index (κ1) is 25.7. The minimum Gasteiger partial charge on any atom is -0.494 e. The number of methoxy groups -OCH3 is 1. The van der Waals surface area contributed by atoms with E-state index in [2.05, 4.69) is 25.1 Å². The van der Waals surface area contributed by atoms with Crippen molar-refractivity contribution in [3.63, 3.8) is 0 Å². The number of nitrogens with one attached hydrogen (secondary N) is 1. The van der Waals surface area contributed by atoms with Crippen LogP contribution in [0.15, 0.2) is 48.7 Å². The number of aromatic nitrogens is 3. The molecule has 8 nitrogen and oxygen atoms in total. The van der Waals surface area contributed by atoms with Crippen molar-refractivity contribution in [3.05, 3.63) is 54.4 Å². The maximum Gasteiger partial charge on any atom is 0.288 e. The number of aryl methyl sites for hydroxylation is 1. The van der Waals surface area contributed by atoms with Gasteiger partial charge in [-0.25, -0.2) is 9.97 Å². The summed E-state index contributed by atoms with van der Waals surface area (Å²) in [6.07, 6.45) is 1.82. The molecule has 200 valence electrons. The van der Waals surface area contributed by atoms with E-state index in [4.69, 9.17) is 10.5 Å². The number of rotatable bonds is 8. The highest BCUT2D eigenvalue weighted by molar-refractivity contribution is 5.98. The normalized spacial score (nSPS) is 14.5. The molecule has 0 saturated heterocycles. The SMILES string of the molecule is COc1cc(N(C)CCN(C)C)c(N)cc1Nc1nccc(-c2c3n(c4ccccc24)CCCC3(F)F)n1. The fourth-order valence-corrected chi connectivity index (χ4v) is 5.08. The van der Waals surface area contributed by atoms with Crippen molar-refractivity contribution >= 4 is 33.9 Å². The molecule has 38 heavy (non-hydrogen) atoms. The number of halogens is 2. The lowest BCUT2D eigenvalue weighted by Crippen LogP contribution is -2.29. The molecule has 0 aliphatic carbocycles. The maximum atomic E-state index is 15.3. The number of benzene rings is 2. The Labute approximate surface area is 221 Å². The lowest BCUT2D eigenvalue weighted by molar-refractivity contribution is -0.0331. The number of hydrogen-bond acceptors (Lipinski definition) is 7. The van der Waals surface area contributed by atoms with Gasteiger partial charge in [-0.05, 0) is 38.7 Å². The fourth-order valence-electron chi connectivity index (χ4n) is 5.08. The van der Waals surface area contributed by atoms with Gasteiger partial charge in [-0.15, -0.1) is 0 Å². The van der Waals surface area contributed by atoms with E-state index in [0.717, 1.165) is 29.7 Å². The highest BCUT2D eigenvalue weighted by atomic mass is 19.3. The number of ether oxygens (including phenoxy) is 1. The summed E-state index contributed by atoms with van der Waals surface area (Å²) in [5.74, 6) is -2.12. The molecule has 0 atom stereocenters. The Morgan fingerprint density at radius 1 is 1.13 bits per heavy atom. The lowest BCUT2D eigenvalue weighted by atomic mass is 9.99. The molecule has 3 heterocycles. The van der Waals surface area contributed by atoms with E-state index >= 15 is 8.78 Å². The highest BCUT2D eigenvalue weighted by Gasteiger charge is 2.42. The van der Waals surface area contributed by atoms with Crippen molar-refractivity contribution in [2.24, 2.45) is 0 Å². The monoisotopic (exact) mass is 521 g/mol. The number of nitrogens with two attached hydrogens (primary N) is 1. The van der Waals surface area contributed by atoms with Crippen molar-refractivity contribution in [3.8, 4) is 17.0 Å². The highest BCUT2D eigenvalue weighted by Crippen LogP contribution is 2.47. The molecule has 2 aromatic carbocycles. The van der Waals surface area contributed by atoms with Gasteiger partial charge in [0, 0.05) is 61.8 Å². The Balaban J connectivity index is 1.52. The minimum atomic E-state index is -2.95. The van der Waals surface area contributed by atoms with Crippen LogP contribution >= 0.6 is 0 Å². The Morgan fingerprint density at radius 2 is 1.92 bits per heavy atom. The first-order valence-electron chi connectivity index (χ1n) is 12.6. The molecule has 3 N–H and O–H groups in total. The average molecular weight is 522 g/mol. The van der Waals surface area contributed by atoms with Crippen molar-refractivity contribution in [2.75, 3.05) is 57.3 Å². The van der Waals surface area contributed by atoms with Gasteiger partial charge in [0.2, 0.25) is 5.95 Å². The molecule has 0 bridgehead atoms. The molecule has 10 heteroatoms. The standard InChI is InChI=1S/C28H33F2N7O/c1-35(2)14-15-36(3)23-17-24(38-4)21(16-19(23)31)34-27-32-12-10-20(33-27)25-18-8-5-6-9-22(18)37-13-7-11-28(29,30)26(25)37/h5-6,8-10,12,16-17H,7,11,13-15,31H2,1-4H3,(H,32,33,34). The molecule has 0 spiro atoms. The van der Waals surface area contributed by atoms with Gasteiger partial charge in [-0.2, -0.15) is 8.78 Å². The zero-order valence-electron chi connectivity index (χ0n) is 22.1. The van der Waals surface area contributed by atoms with E-state index in [9.17, 15) is 0 Å². The minimum absolute atomic E-state index is 0.0153. The van der Waals surface area contributed by atoms with E-state index in [1.165, 1.54) is 0 Å². The zero-order valence-corrected chi connectivity index (χ0v) is 22.1. The van der Waals surface area contributed by atoms with Crippen LogP contribution in [0.4, 0.5) is 31.8 Å². The molecule has 5 rings (SSSR count). The van der Waals surface area contributed by atoms with Crippen molar-refractivity contribution in [1.82, 2.24) is 19.4 Å². The summed E-state index contributed by atoms with van der Waals surface area (Å²) < 4.78 is 37.9. The summed E-state index contributed by atoms with van der Waals surface area (Å²) in [7, 11) is 7.60. The van der Waals surface area contributed by atoms with Gasteiger partial charge >= 0.3 is 0 Å². The molecule has 1 aliphatic rings. The molecular weight excluding hydrogens is 488 g/mol. The lowest BCUT2D eigenvalue weighted by Gasteiger charge is -2.26. The van der Waals surface area contributed by atoms with Gasteiger partial charge in [0.25, 0.3) is 5.92 Å². The largest absolute Gasteiger partial charge is 0.494 e. The smallest absolute Gasteiger partial charge is 0.288 e. The third-order valence-electron chi connectivity index (χ3n) is 6.99. The van der Waals surface area contributed by atoms with Crippen LogP contribution in [-0.4, -0.2) is 60.8 Å². The van der Waals surface area contributed by atoms with Gasteiger partial charge in [0.15, 0.2) is 0 Å². The fraction of sp³-hybridized carbons (Fsp3) is 0.357. The third-order valence-corrected chi connectivity index (χ3v) is 6.99. The van der Waals surface area contributed by atoms with Crippen LogP contribution in [0.25, 0.3) is 22.2 Å². The second-order valence-electron chi connectivity index (χ2n) is 9.93. The van der Waals surface area contributed by atoms with Crippen molar-refractivity contribution < 1.29 is 13.5 Å². The molecule has 0 fully saturated rings. The van der Waals surface area contributed by atoms with Gasteiger partial charge in [0.05, 0.1) is 35.6 Å². The van der Waals surface area contributed by atoms with Crippen molar-refractivity contribution in [1.29, 1.82) is 0 Å². The topological polar surface area (TPSA) is 84.5 Å². The summed E-state index contributed by atoms with van der Waals surface area (Å²) in [6, 6.07) is 12.8. The number of anilines is 4. The molecular formula is C28H33F2N7O. The summed E-state index contributed by atoms with van der Waals surface area (Å²) in [4.78, 5) is 13.2. The van der Waals surface area contributed by atoms with Crippen LogP contribution < -0.4 is 20.7 Å². The second-order valence-corrected chi connectivity index (χ2v) is 9.93. The molecule has 2 aromatic heterocycles. The van der Waals surface area contributed by atoms with Gasteiger partial charge in [-0.3, -0.25) is 0 Å².